The fraction of sp³-hybridized carbons (Fsp3) is 1.00. The minimum Gasteiger partial charge on any atom is -0.373 e. The van der Waals surface area contributed by atoms with Crippen LogP contribution in [0.3, 0.4) is 0 Å². The molecule has 1 aliphatic rings. The Morgan fingerprint density at radius 3 is 2.40 bits per heavy atom. The van der Waals surface area contributed by atoms with Crippen LogP contribution < -0.4 is 0 Å². The van der Waals surface area contributed by atoms with Gasteiger partial charge in [0.1, 0.15) is 0 Å². The molecule has 1 saturated heterocycles. The third kappa shape index (κ3) is 3.21. The first-order chi connectivity index (χ1) is 4.68. The van der Waals surface area contributed by atoms with Crippen molar-refractivity contribution in [2.24, 2.45) is 11.8 Å². The first-order valence-corrected chi connectivity index (χ1v) is 4.30. The lowest BCUT2D eigenvalue weighted by Crippen LogP contribution is -2.03. The van der Waals surface area contributed by atoms with E-state index < -0.39 is 0 Å². The zero-order valence-corrected chi connectivity index (χ0v) is 7.26. The van der Waals surface area contributed by atoms with Crippen LogP contribution in [0, 0.1) is 11.8 Å². The van der Waals surface area contributed by atoms with Gasteiger partial charge in [-0.2, -0.15) is 0 Å². The summed E-state index contributed by atoms with van der Waals surface area (Å²) in [6.07, 6.45) is 3.24. The van der Waals surface area contributed by atoms with E-state index in [1.165, 1.54) is 12.8 Å². The maximum Gasteiger partial charge on any atom is 0.0812 e. The van der Waals surface area contributed by atoms with Crippen LogP contribution in [0.4, 0.5) is 0 Å². The van der Waals surface area contributed by atoms with Gasteiger partial charge in [-0.05, 0) is 24.7 Å². The van der Waals surface area contributed by atoms with Gasteiger partial charge in [0, 0.05) is 0 Å². The molecule has 1 nitrogen and oxygen atoms in total. The highest BCUT2D eigenvalue weighted by Gasteiger charge is 2.24. The second kappa shape index (κ2) is 3.38. The van der Waals surface area contributed by atoms with Crippen LogP contribution in [0.25, 0.3) is 0 Å². The van der Waals surface area contributed by atoms with Gasteiger partial charge < -0.3 is 4.74 Å². The van der Waals surface area contributed by atoms with Crippen molar-refractivity contribution in [3.8, 4) is 0 Å². The Labute approximate surface area is 63.8 Å². The van der Waals surface area contributed by atoms with E-state index in [4.69, 9.17) is 4.74 Å². The van der Waals surface area contributed by atoms with Crippen molar-refractivity contribution >= 4 is 0 Å². The Kier molecular flexibility index (Phi) is 2.72. The maximum atomic E-state index is 5.16. The molecule has 1 fully saturated rings. The highest BCUT2D eigenvalue weighted by Crippen LogP contribution is 2.23. The molecule has 0 radical (unpaired) electrons. The molecule has 0 aliphatic carbocycles. The summed E-state index contributed by atoms with van der Waals surface area (Å²) in [6.45, 7) is 7.90. The van der Waals surface area contributed by atoms with Crippen molar-refractivity contribution in [1.29, 1.82) is 0 Å². The fourth-order valence-corrected chi connectivity index (χ4v) is 1.55. The van der Waals surface area contributed by atoms with Crippen molar-refractivity contribution < 1.29 is 4.74 Å². The minimum atomic E-state index is 0.619. The first kappa shape index (κ1) is 8.06. The molecule has 1 rings (SSSR count). The molecule has 1 heterocycles. The van der Waals surface area contributed by atoms with E-state index in [-0.39, 0.29) is 0 Å². The summed E-state index contributed by atoms with van der Waals surface area (Å²) in [5, 5.41) is 0. The van der Waals surface area contributed by atoms with Crippen LogP contribution in [0.5, 0.6) is 0 Å². The molecule has 60 valence electrons. The van der Waals surface area contributed by atoms with E-state index >= 15 is 0 Å². The van der Waals surface area contributed by atoms with Gasteiger partial charge in [-0.3, -0.25) is 0 Å². The molecule has 1 heteroatoms. The van der Waals surface area contributed by atoms with Crippen molar-refractivity contribution in [3.05, 3.63) is 0 Å². The largest absolute Gasteiger partial charge is 0.373 e. The Hall–Kier alpha value is -0.0400. The molecule has 0 aromatic carbocycles. The minimum absolute atomic E-state index is 0.619. The fourth-order valence-electron chi connectivity index (χ4n) is 1.55. The van der Waals surface area contributed by atoms with Crippen LogP contribution in [0.2, 0.25) is 0 Å². The van der Waals surface area contributed by atoms with E-state index in [1.54, 1.807) is 0 Å². The Morgan fingerprint density at radius 2 is 2.00 bits per heavy atom. The second-order valence-corrected chi connectivity index (χ2v) is 3.93. The summed E-state index contributed by atoms with van der Waals surface area (Å²) in [7, 11) is 0. The number of rotatable bonds is 4. The van der Waals surface area contributed by atoms with E-state index in [1.807, 2.05) is 0 Å². The molecule has 0 spiro atoms. The standard InChI is InChI=1S/C9H18O/c1-7(2)4-8(3)5-9-6-10-9/h7-9H,4-6H2,1-3H3. The molecule has 2 unspecified atom stereocenters. The molecule has 0 N–H and O–H groups in total. The highest BCUT2D eigenvalue weighted by molar-refractivity contribution is 4.72. The van der Waals surface area contributed by atoms with Gasteiger partial charge in [-0.15, -0.1) is 0 Å². The predicted octanol–water partition coefficient (Wildman–Crippen LogP) is 2.46. The molecule has 1 aliphatic heterocycles. The van der Waals surface area contributed by atoms with Crippen LogP contribution in [-0.2, 0) is 4.74 Å². The topological polar surface area (TPSA) is 12.5 Å². The summed E-state index contributed by atoms with van der Waals surface area (Å²) in [5.41, 5.74) is 0. The van der Waals surface area contributed by atoms with Crippen molar-refractivity contribution in [1.82, 2.24) is 0 Å². The lowest BCUT2D eigenvalue weighted by atomic mass is 9.95. The third-order valence-electron chi connectivity index (χ3n) is 1.94. The van der Waals surface area contributed by atoms with Gasteiger partial charge in [0.2, 0.25) is 0 Å². The van der Waals surface area contributed by atoms with Crippen molar-refractivity contribution in [2.45, 2.75) is 39.7 Å². The van der Waals surface area contributed by atoms with E-state index in [9.17, 15) is 0 Å². The first-order valence-electron chi connectivity index (χ1n) is 4.30. The van der Waals surface area contributed by atoms with Crippen LogP contribution in [0.1, 0.15) is 33.6 Å². The Balaban J connectivity index is 2.02. The highest BCUT2D eigenvalue weighted by atomic mass is 16.6. The summed E-state index contributed by atoms with van der Waals surface area (Å²) in [6, 6.07) is 0. The molecular weight excluding hydrogens is 124 g/mol. The third-order valence-corrected chi connectivity index (χ3v) is 1.94. The number of epoxide rings is 1. The molecule has 10 heavy (non-hydrogen) atoms. The van der Waals surface area contributed by atoms with Crippen molar-refractivity contribution in [3.63, 3.8) is 0 Å². The lowest BCUT2D eigenvalue weighted by molar-refractivity contribution is 0.334. The van der Waals surface area contributed by atoms with Gasteiger partial charge >= 0.3 is 0 Å². The van der Waals surface area contributed by atoms with E-state index in [2.05, 4.69) is 20.8 Å². The predicted molar refractivity (Wildman–Crippen MR) is 43.0 cm³/mol. The number of hydrogen-bond donors (Lipinski definition) is 0. The molecule has 0 aromatic heterocycles. The van der Waals surface area contributed by atoms with Gasteiger partial charge in [-0.25, -0.2) is 0 Å². The van der Waals surface area contributed by atoms with Gasteiger partial charge in [-0.1, -0.05) is 20.8 Å². The molecular formula is C9H18O. The van der Waals surface area contributed by atoms with Crippen LogP contribution in [0.15, 0.2) is 0 Å². The average molecular weight is 142 g/mol. The normalized spacial score (nSPS) is 27.0. The summed E-state index contributed by atoms with van der Waals surface area (Å²) >= 11 is 0. The zero-order valence-electron chi connectivity index (χ0n) is 7.26. The quantitative estimate of drug-likeness (QED) is 0.549. The molecule has 0 bridgehead atoms. The second-order valence-electron chi connectivity index (χ2n) is 3.93. The summed E-state index contributed by atoms with van der Waals surface area (Å²) in [4.78, 5) is 0. The zero-order chi connectivity index (χ0) is 7.56. The summed E-state index contributed by atoms with van der Waals surface area (Å²) in [5.74, 6) is 1.70. The Bertz CT molecular complexity index is 90.9. The number of hydrogen-bond acceptors (Lipinski definition) is 1. The Morgan fingerprint density at radius 1 is 1.40 bits per heavy atom. The molecule has 0 aromatic rings. The average Bonchev–Trinajstić information content (AvgIpc) is 2.46. The lowest BCUT2D eigenvalue weighted by Gasteiger charge is -2.11. The van der Waals surface area contributed by atoms with Gasteiger partial charge in [0.25, 0.3) is 0 Å². The van der Waals surface area contributed by atoms with Crippen molar-refractivity contribution in [2.75, 3.05) is 6.61 Å². The van der Waals surface area contributed by atoms with E-state index in [0.717, 1.165) is 18.4 Å². The monoisotopic (exact) mass is 142 g/mol. The number of ether oxygens (including phenoxy) is 1. The SMILES string of the molecule is CC(C)CC(C)CC1CO1. The maximum absolute atomic E-state index is 5.16. The molecule has 0 amide bonds. The van der Waals surface area contributed by atoms with Crippen LogP contribution in [-0.4, -0.2) is 12.7 Å². The smallest absolute Gasteiger partial charge is 0.0812 e. The van der Waals surface area contributed by atoms with E-state index in [0.29, 0.717) is 6.10 Å². The van der Waals surface area contributed by atoms with Crippen LogP contribution >= 0.6 is 0 Å². The molecule has 2 atom stereocenters. The summed E-state index contributed by atoms with van der Waals surface area (Å²) < 4.78 is 5.16. The van der Waals surface area contributed by atoms with Gasteiger partial charge in [0.05, 0.1) is 12.7 Å². The molecule has 0 saturated carbocycles. The van der Waals surface area contributed by atoms with Gasteiger partial charge in [0.15, 0.2) is 0 Å².